The van der Waals surface area contributed by atoms with Crippen LogP contribution in [0.15, 0.2) is 37.1 Å². The highest BCUT2D eigenvalue weighted by Gasteiger charge is 1.80. The molecule has 0 saturated heterocycles. The summed E-state index contributed by atoms with van der Waals surface area (Å²) in [5, 5.41) is 9.54. The molecule has 3 nitrogen and oxygen atoms in total. The number of terminal acetylenes is 4. The van der Waals surface area contributed by atoms with Gasteiger partial charge in [-0.15, -0.1) is 32.0 Å². The van der Waals surface area contributed by atoms with Gasteiger partial charge in [0.1, 0.15) is 0 Å². The van der Waals surface area contributed by atoms with Gasteiger partial charge in [0.2, 0.25) is 0 Å². The zero-order valence-corrected chi connectivity index (χ0v) is 35.4. The van der Waals surface area contributed by atoms with Crippen molar-refractivity contribution in [2.24, 2.45) is 0 Å². The molecule has 0 fully saturated rings. The molecule has 0 saturated carbocycles. The first-order valence-corrected chi connectivity index (χ1v) is 17.7. The van der Waals surface area contributed by atoms with Gasteiger partial charge in [0.05, 0.1) is 0 Å². The Balaban J connectivity index is -0.00000000608. The average Bonchev–Trinajstić information content (AvgIpc) is 3.23. The van der Waals surface area contributed by atoms with Gasteiger partial charge < -0.3 is 16.1 Å². The second kappa shape index (κ2) is 124. The Morgan fingerprint density at radius 1 is 0.354 bits per heavy atom. The summed E-state index contributed by atoms with van der Waals surface area (Å²) < 4.78 is 0. The van der Waals surface area contributed by atoms with Crippen molar-refractivity contribution in [3.05, 3.63) is 37.1 Å². The molecule has 0 radical (unpaired) electrons. The van der Waals surface area contributed by atoms with Crippen LogP contribution in [-0.2, 0) is 0 Å². The Kier molecular flexibility index (Phi) is 183. The van der Waals surface area contributed by atoms with E-state index in [0.717, 1.165) is 6.26 Å². The lowest BCUT2D eigenvalue weighted by Gasteiger charge is -1.90. The molecule has 0 aromatic carbocycles. The zero-order chi connectivity index (χ0) is 43.8. The number of hydrogen-bond acceptors (Lipinski definition) is 1. The van der Waals surface area contributed by atoms with Crippen LogP contribution in [0.1, 0.15) is 202 Å². The second-order valence-electron chi connectivity index (χ2n) is 9.15. The fourth-order valence-corrected chi connectivity index (χ4v) is 2.37. The summed E-state index contributed by atoms with van der Waals surface area (Å²) in [5.74, 6) is 72.4. The van der Waals surface area contributed by atoms with Gasteiger partial charge in [-0.05, 0) is 180 Å². The third kappa shape index (κ3) is 171. The molecule has 0 aliphatic carbocycles. The molecule has 0 heterocycles. The maximum Gasteiger partial charge on any atom is 0 e. The third-order valence-corrected chi connectivity index (χ3v) is 4.70. The Labute approximate surface area is 458 Å². The van der Waals surface area contributed by atoms with Crippen molar-refractivity contribution >= 4 is 0 Å². The van der Waals surface area contributed by atoms with E-state index in [4.69, 9.17) is 25.7 Å². The monoisotopic (exact) mass is 942 g/mol. The topological polar surface area (TPSA) is 86.1 Å². The van der Waals surface area contributed by atoms with E-state index in [1.54, 1.807) is 32.1 Å². The summed E-state index contributed by atoms with van der Waals surface area (Å²) in [5.41, 5.74) is 0. The van der Waals surface area contributed by atoms with E-state index in [0.29, 0.717) is 0 Å². The number of rotatable bonds is 10. The van der Waals surface area contributed by atoms with Crippen LogP contribution >= 0.6 is 0 Å². The third-order valence-electron chi connectivity index (χ3n) is 4.70. The normalized spacial score (nSPS) is 5.20. The Morgan fingerprint density at radius 2 is 0.554 bits per heavy atom. The van der Waals surface area contributed by atoms with Crippen molar-refractivity contribution in [2.75, 3.05) is 0 Å². The van der Waals surface area contributed by atoms with Crippen molar-refractivity contribution in [2.45, 2.75) is 150 Å². The fourth-order valence-electron chi connectivity index (χ4n) is 2.37. The summed E-state index contributed by atoms with van der Waals surface area (Å²) >= 11 is 0. The van der Waals surface area contributed by atoms with E-state index in [9.17, 15) is 5.11 Å². The minimum Gasteiger partial charge on any atom is -0.878 e. The molecule has 416 valence electrons. The highest BCUT2D eigenvalue weighted by molar-refractivity contribution is 5.46. The first kappa shape index (κ1) is 96.3. The van der Waals surface area contributed by atoms with E-state index in [2.05, 4.69) is 212 Å². The second-order valence-corrected chi connectivity index (χ2v) is 9.15. The summed E-state index contributed by atoms with van der Waals surface area (Å²) in [6.45, 7) is 15.8. The molecule has 0 rings (SSSR count). The van der Waals surface area contributed by atoms with Crippen molar-refractivity contribution in [3.63, 3.8) is 0 Å². The van der Waals surface area contributed by atoms with E-state index < -0.39 is 0 Å². The molecule has 0 aromatic heterocycles. The van der Waals surface area contributed by atoms with Crippen LogP contribution < -0.4 is 5.11 Å². The van der Waals surface area contributed by atoms with E-state index in [-0.39, 0.29) is 107 Å². The van der Waals surface area contributed by atoms with Crippen molar-refractivity contribution in [1.29, 1.82) is 0 Å². The van der Waals surface area contributed by atoms with Gasteiger partial charge >= 0.3 is 0 Å². The largest absolute Gasteiger partial charge is 0.878 e. The van der Waals surface area contributed by atoms with Gasteiger partial charge in [-0.3, -0.25) is 0 Å². The van der Waals surface area contributed by atoms with Gasteiger partial charge in [0.15, 0.2) is 0 Å². The molecule has 3 heteroatoms. The van der Waals surface area contributed by atoms with E-state index in [1.165, 1.54) is 70.3 Å². The molecule has 0 aromatic rings. The molecule has 0 bridgehead atoms. The molecule has 65 heavy (non-hydrogen) atoms. The summed E-state index contributed by atoms with van der Waals surface area (Å²) in [4.78, 5) is 0. The highest BCUT2D eigenvalue weighted by atomic mass is 16.2. The molecular weight excluding hydrogens is 793 g/mol. The van der Waals surface area contributed by atoms with E-state index >= 15 is 0 Å². The summed E-state index contributed by atoms with van der Waals surface area (Å²) in [6, 6.07) is 0. The molecule has 0 amide bonds. The zero-order valence-electron chi connectivity index (χ0n) is 35.4. The SMILES string of the molecule is C.C.C.C.C.C.C#CC#CC#C.C#CC#CC#CC#CC#CC#CC#CC#CC#C.C=CC=CC=C[O-].CC#CC#CC#CC#CC#CC.CCCCCCC.CCCCCCC.O.O.[HH].[HH].[HH].[HH].[HH].[HH].[HH].[HH].[HH].[HH].[HH].[HH].[HH].[HH].[HH].[HH].[HH].[HH].[HH].[HH].[HH].[HH].[HH].[HH].[HH].[HH].[HH].[HH].[HH].[HH].[HH].[HH].[HH].[HH].[HH].[HH]. The lowest BCUT2D eigenvalue weighted by atomic mass is 10.2. The minimum absolute atomic E-state index is 0. The van der Waals surface area contributed by atoms with Crippen LogP contribution in [0.2, 0.25) is 0 Å². The van der Waals surface area contributed by atoms with Crippen molar-refractivity contribution in [1.82, 2.24) is 0 Å². The maximum atomic E-state index is 9.54. The summed E-state index contributed by atoms with van der Waals surface area (Å²) in [6.07, 6.45) is 40.2. The van der Waals surface area contributed by atoms with Crippen LogP contribution in [0.25, 0.3) is 0 Å². The molecule has 0 spiro atoms. The molecule has 0 aliphatic heterocycles. The lowest BCUT2D eigenvalue weighted by molar-refractivity contribution is -0.274. The van der Waals surface area contributed by atoms with Crippen LogP contribution in [-0.4, -0.2) is 11.0 Å². The van der Waals surface area contributed by atoms with Gasteiger partial charge in [0.25, 0.3) is 0 Å². The van der Waals surface area contributed by atoms with E-state index in [1.807, 2.05) is 0 Å². The Bertz CT molecular complexity index is 2140. The van der Waals surface area contributed by atoms with Crippen LogP contribution in [0.4, 0.5) is 0 Å². The van der Waals surface area contributed by atoms with Gasteiger partial charge in [-0.25, -0.2) is 0 Å². The predicted molar refractivity (Wildman–Crippen MR) is 369 cm³/mol. The molecule has 4 N–H and O–H groups in total. The predicted octanol–water partition coefficient (Wildman–Crippen LogP) is 19.2. The van der Waals surface area contributed by atoms with Crippen LogP contribution in [0, 0.1) is 203 Å². The maximum absolute atomic E-state index is 9.54. The Hall–Kier alpha value is -8.54. The molecule has 0 atom stereocenters. The fraction of sp³-hybridized carbons (Fsp3) is 0.355. The first-order valence-electron chi connectivity index (χ1n) is 17.7. The Morgan fingerprint density at radius 3 is 0.723 bits per heavy atom. The standard InChI is InChI=1S/C18H2.C12H6.2C7H16.C6H8O.C6H2.6CH4.2H2O.36H2/c1-3-5-7-9-11-13-15-17-18-16-14-12-10-8-6-4-2;1-3-5-7-9-11-12-10-8-6-4-2;2*1-3-5-7-6-4-2;1-2-3-4-5-6-7;1-3-5-6-4-2;;;;;;;;;;;;;;;;;;;;;;;;;;;;;;;;;;;;;;;;;;;;/h1-2H;1-2H3;2*3-7H2,1-2H3;2-7H,1H2;1-2H;6*1H4;2*1H2;36*1H/p-1. The van der Waals surface area contributed by atoms with Crippen molar-refractivity contribution in [3.8, 4) is 203 Å². The molecule has 0 unspecified atom stereocenters. The van der Waals surface area contributed by atoms with Crippen molar-refractivity contribution < 1.29 is 67.4 Å². The quantitative estimate of drug-likeness (QED) is 0.0929. The highest BCUT2D eigenvalue weighted by Crippen LogP contribution is 2.00. The lowest BCUT2D eigenvalue weighted by Crippen LogP contribution is -1.81. The molecular formula is C62H149O3-. The smallest absolute Gasteiger partial charge is 0 e. The van der Waals surface area contributed by atoms with Crippen LogP contribution in [0.3, 0.4) is 0 Å². The van der Waals surface area contributed by atoms with Gasteiger partial charge in [0, 0.05) is 51.4 Å². The first-order chi connectivity index (χ1) is 28.0. The molecule has 0 aliphatic rings. The minimum atomic E-state index is 0. The van der Waals surface area contributed by atoms with Gasteiger partial charge in [-0.2, -0.15) is 0 Å². The summed E-state index contributed by atoms with van der Waals surface area (Å²) in [7, 11) is 0. The number of allylic oxidation sites excluding steroid dienone is 4. The van der Waals surface area contributed by atoms with Gasteiger partial charge in [-0.1, -0.05) is 179 Å². The average molecular weight is 943 g/mol. The number of unbranched alkanes of at least 4 members (excludes halogenated alkanes) is 8. The number of hydrogen-bond donors (Lipinski definition) is 0. The van der Waals surface area contributed by atoms with Crippen LogP contribution in [0.5, 0.6) is 0 Å².